The molecular formula is C23H30N4O2S. The molecule has 2 aromatic rings. The number of thiazole rings is 1. The molecule has 30 heavy (non-hydrogen) atoms. The van der Waals surface area contributed by atoms with Gasteiger partial charge in [0.15, 0.2) is 0 Å². The zero-order chi connectivity index (χ0) is 20.6. The number of carboxylic acid groups (broad SMARTS) is 1. The van der Waals surface area contributed by atoms with Crippen molar-refractivity contribution in [2.45, 2.75) is 55.8 Å². The summed E-state index contributed by atoms with van der Waals surface area (Å²) in [6.07, 6.45) is 3.67. The number of rotatable bonds is 8. The quantitative estimate of drug-likeness (QED) is 0.677. The molecule has 2 saturated heterocycles. The van der Waals surface area contributed by atoms with Crippen molar-refractivity contribution in [3.05, 3.63) is 52.5 Å². The van der Waals surface area contributed by atoms with Crippen molar-refractivity contribution in [2.75, 3.05) is 26.2 Å². The van der Waals surface area contributed by atoms with Crippen molar-refractivity contribution in [1.82, 2.24) is 20.1 Å². The number of aliphatic carboxylic acids is 1. The summed E-state index contributed by atoms with van der Waals surface area (Å²) in [5.41, 5.74) is 4.19. The van der Waals surface area contributed by atoms with Crippen LogP contribution in [-0.2, 0) is 11.3 Å². The SMILES string of the molecule is O=C(O)CC1(N2CCC(N[C@@H]3CC3c3ccccc3)CC2)CN(Cc2cscn2)C1. The largest absolute Gasteiger partial charge is 0.481 e. The Morgan fingerprint density at radius 1 is 1.23 bits per heavy atom. The van der Waals surface area contributed by atoms with Gasteiger partial charge in [-0.3, -0.25) is 14.6 Å². The van der Waals surface area contributed by atoms with Crippen molar-refractivity contribution >= 4 is 17.3 Å². The Labute approximate surface area is 181 Å². The molecule has 7 heteroatoms. The minimum Gasteiger partial charge on any atom is -0.481 e. The minimum absolute atomic E-state index is 0.209. The zero-order valence-corrected chi connectivity index (χ0v) is 18.1. The van der Waals surface area contributed by atoms with Gasteiger partial charge in [0.05, 0.1) is 23.2 Å². The Hall–Kier alpha value is -1.80. The van der Waals surface area contributed by atoms with E-state index in [0.717, 1.165) is 51.3 Å². The van der Waals surface area contributed by atoms with Crippen LogP contribution < -0.4 is 5.32 Å². The first-order chi connectivity index (χ1) is 14.6. The van der Waals surface area contributed by atoms with Gasteiger partial charge in [-0.05, 0) is 24.8 Å². The fourth-order valence-electron chi connectivity index (χ4n) is 5.42. The predicted molar refractivity (Wildman–Crippen MR) is 118 cm³/mol. The van der Waals surface area contributed by atoms with E-state index in [1.165, 1.54) is 12.0 Å². The van der Waals surface area contributed by atoms with Crippen molar-refractivity contribution in [2.24, 2.45) is 0 Å². The molecule has 5 rings (SSSR count). The smallest absolute Gasteiger partial charge is 0.305 e. The number of hydrogen-bond donors (Lipinski definition) is 2. The molecule has 3 aliphatic rings. The van der Waals surface area contributed by atoms with Crippen LogP contribution in [0.1, 0.15) is 42.9 Å². The van der Waals surface area contributed by atoms with Crippen LogP contribution >= 0.6 is 11.3 Å². The standard InChI is InChI=1S/C23H30N4O2S/c28-22(29)11-23(14-26(15-23)12-19-13-30-16-24-19)27-8-6-18(7-9-27)25-21-10-20(21)17-4-2-1-3-5-17/h1-5,13,16,18,20-21,25H,6-12,14-15H2,(H,28,29)/t20?,21-/m1/s1. The van der Waals surface area contributed by atoms with E-state index in [-0.39, 0.29) is 12.0 Å². The first-order valence-corrected chi connectivity index (χ1v) is 11.9. The van der Waals surface area contributed by atoms with Crippen molar-refractivity contribution in [3.63, 3.8) is 0 Å². The number of nitrogens with zero attached hydrogens (tertiary/aromatic N) is 3. The Morgan fingerprint density at radius 3 is 2.67 bits per heavy atom. The highest BCUT2D eigenvalue weighted by Crippen LogP contribution is 2.42. The minimum atomic E-state index is -0.688. The molecule has 1 aliphatic carbocycles. The number of carboxylic acids is 1. The lowest BCUT2D eigenvalue weighted by Gasteiger charge is -2.57. The van der Waals surface area contributed by atoms with Crippen LogP contribution in [0.4, 0.5) is 0 Å². The van der Waals surface area contributed by atoms with Crippen molar-refractivity contribution in [3.8, 4) is 0 Å². The highest BCUT2D eigenvalue weighted by atomic mass is 32.1. The average Bonchev–Trinajstić information content (AvgIpc) is 3.29. The molecule has 0 radical (unpaired) electrons. The lowest BCUT2D eigenvalue weighted by molar-refractivity contribution is -0.147. The van der Waals surface area contributed by atoms with Crippen molar-refractivity contribution < 1.29 is 9.90 Å². The Kier molecular flexibility index (Phi) is 5.62. The van der Waals surface area contributed by atoms with Gasteiger partial charge in [0.25, 0.3) is 0 Å². The fourth-order valence-corrected chi connectivity index (χ4v) is 5.97. The lowest BCUT2D eigenvalue weighted by Crippen LogP contribution is -2.71. The van der Waals surface area contributed by atoms with Gasteiger partial charge in [-0.25, -0.2) is 4.98 Å². The summed E-state index contributed by atoms with van der Waals surface area (Å²) < 4.78 is 0. The van der Waals surface area contributed by atoms with Gasteiger partial charge >= 0.3 is 5.97 Å². The zero-order valence-electron chi connectivity index (χ0n) is 17.2. The van der Waals surface area contributed by atoms with Crippen molar-refractivity contribution in [1.29, 1.82) is 0 Å². The first kappa shape index (κ1) is 20.1. The summed E-state index contributed by atoms with van der Waals surface area (Å²) in [6.45, 7) is 4.45. The maximum absolute atomic E-state index is 11.6. The van der Waals surface area contributed by atoms with Gasteiger partial charge < -0.3 is 10.4 Å². The monoisotopic (exact) mass is 426 g/mol. The number of hydrogen-bond acceptors (Lipinski definition) is 6. The van der Waals surface area contributed by atoms with Crippen LogP contribution in [0.3, 0.4) is 0 Å². The van der Waals surface area contributed by atoms with Crippen LogP contribution in [0.2, 0.25) is 0 Å². The second-order valence-electron chi connectivity index (χ2n) is 9.21. The number of carbonyl (C=O) groups is 1. The van der Waals surface area contributed by atoms with E-state index in [0.29, 0.717) is 18.0 Å². The van der Waals surface area contributed by atoms with E-state index in [2.05, 4.69) is 55.8 Å². The molecule has 0 spiro atoms. The molecule has 3 heterocycles. The third-order valence-corrected chi connectivity index (χ3v) is 7.65. The maximum Gasteiger partial charge on any atom is 0.305 e. The number of aromatic nitrogens is 1. The van der Waals surface area contributed by atoms with E-state index in [1.54, 1.807) is 11.3 Å². The molecule has 2 N–H and O–H groups in total. The summed E-state index contributed by atoms with van der Waals surface area (Å²) >= 11 is 1.61. The van der Waals surface area contributed by atoms with Crippen LogP contribution in [0.25, 0.3) is 0 Å². The molecule has 160 valence electrons. The number of benzene rings is 1. The molecular weight excluding hydrogens is 396 g/mol. The Balaban J connectivity index is 1.12. The molecule has 0 bridgehead atoms. The van der Waals surface area contributed by atoms with E-state index < -0.39 is 5.97 Å². The van der Waals surface area contributed by atoms with Gasteiger partial charge in [0.2, 0.25) is 0 Å². The molecule has 0 amide bonds. The Morgan fingerprint density at radius 2 is 2.00 bits per heavy atom. The molecule has 3 fully saturated rings. The van der Waals surface area contributed by atoms with E-state index in [1.807, 2.05) is 5.51 Å². The molecule has 6 nitrogen and oxygen atoms in total. The third-order valence-electron chi connectivity index (χ3n) is 7.02. The molecule has 1 saturated carbocycles. The average molecular weight is 427 g/mol. The Bertz CT molecular complexity index is 845. The van der Waals surface area contributed by atoms with Crippen LogP contribution in [0.15, 0.2) is 41.2 Å². The van der Waals surface area contributed by atoms with E-state index in [4.69, 9.17) is 0 Å². The summed E-state index contributed by atoms with van der Waals surface area (Å²) in [5.74, 6) is -0.0271. The van der Waals surface area contributed by atoms with E-state index in [9.17, 15) is 9.90 Å². The van der Waals surface area contributed by atoms with Gasteiger partial charge in [-0.15, -0.1) is 11.3 Å². The summed E-state index contributed by atoms with van der Waals surface area (Å²) in [4.78, 5) is 20.8. The first-order valence-electron chi connectivity index (χ1n) is 11.0. The summed E-state index contributed by atoms with van der Waals surface area (Å²) in [6, 6.07) is 12.0. The van der Waals surface area contributed by atoms with Gasteiger partial charge in [0, 0.05) is 56.1 Å². The topological polar surface area (TPSA) is 68.7 Å². The second kappa shape index (κ2) is 8.38. The third kappa shape index (κ3) is 4.30. The maximum atomic E-state index is 11.6. The molecule has 1 aromatic heterocycles. The molecule has 1 aromatic carbocycles. The van der Waals surface area contributed by atoms with Gasteiger partial charge in [-0.1, -0.05) is 30.3 Å². The summed E-state index contributed by atoms with van der Waals surface area (Å²) in [5, 5.41) is 15.5. The molecule has 2 atom stereocenters. The number of piperidine rings is 1. The van der Waals surface area contributed by atoms with Crippen LogP contribution in [0.5, 0.6) is 0 Å². The highest BCUT2D eigenvalue weighted by molar-refractivity contribution is 7.07. The molecule has 2 aliphatic heterocycles. The molecule has 1 unspecified atom stereocenters. The van der Waals surface area contributed by atoms with Crippen LogP contribution in [-0.4, -0.2) is 69.7 Å². The number of nitrogens with one attached hydrogen (secondary N) is 1. The van der Waals surface area contributed by atoms with Gasteiger partial charge in [0.1, 0.15) is 0 Å². The number of likely N-dealkylation sites (tertiary alicyclic amines) is 2. The predicted octanol–water partition coefficient (Wildman–Crippen LogP) is 2.78. The van der Waals surface area contributed by atoms with Crippen LogP contribution in [0, 0.1) is 0 Å². The van der Waals surface area contributed by atoms with Gasteiger partial charge in [-0.2, -0.15) is 0 Å². The summed E-state index contributed by atoms with van der Waals surface area (Å²) in [7, 11) is 0. The lowest BCUT2D eigenvalue weighted by atomic mass is 9.82. The second-order valence-corrected chi connectivity index (χ2v) is 9.93. The highest BCUT2D eigenvalue weighted by Gasteiger charge is 2.50. The fraction of sp³-hybridized carbons (Fsp3) is 0.565. The van der Waals surface area contributed by atoms with E-state index >= 15 is 0 Å². The normalized spacial score (nSPS) is 26.9.